The van der Waals surface area contributed by atoms with Gasteiger partial charge in [-0.15, -0.1) is 11.3 Å². The van der Waals surface area contributed by atoms with Crippen molar-refractivity contribution in [1.82, 2.24) is 4.98 Å². The molecule has 0 fully saturated rings. The summed E-state index contributed by atoms with van der Waals surface area (Å²) in [6.07, 6.45) is 0. The predicted octanol–water partition coefficient (Wildman–Crippen LogP) is 7.15. The van der Waals surface area contributed by atoms with E-state index in [9.17, 15) is 4.79 Å². The normalized spacial score (nSPS) is 10.9. The summed E-state index contributed by atoms with van der Waals surface area (Å²) in [4.78, 5) is 17.1. The zero-order valence-corrected chi connectivity index (χ0v) is 17.6. The van der Waals surface area contributed by atoms with E-state index in [0.29, 0.717) is 10.6 Å². The van der Waals surface area contributed by atoms with Crippen LogP contribution in [-0.2, 0) is 5.75 Å². The maximum Gasteiger partial charge on any atom is 0.257 e. The zero-order valence-electron chi connectivity index (χ0n) is 14.5. The van der Waals surface area contributed by atoms with Crippen LogP contribution in [0.1, 0.15) is 15.9 Å². The smallest absolute Gasteiger partial charge is 0.257 e. The van der Waals surface area contributed by atoms with Crippen molar-refractivity contribution in [3.63, 3.8) is 0 Å². The summed E-state index contributed by atoms with van der Waals surface area (Å²) < 4.78 is 2.01. The van der Waals surface area contributed by atoms with Crippen molar-refractivity contribution in [3.05, 3.63) is 87.9 Å². The van der Waals surface area contributed by atoms with Gasteiger partial charge in [-0.3, -0.25) is 4.79 Å². The molecule has 0 aliphatic carbocycles. The second kappa shape index (κ2) is 8.53. The fourth-order valence-corrected chi connectivity index (χ4v) is 5.02. The third kappa shape index (κ3) is 4.50. The number of rotatable bonds is 5. The van der Waals surface area contributed by atoms with E-state index in [0.717, 1.165) is 31.0 Å². The highest BCUT2D eigenvalue weighted by Gasteiger charge is 2.11. The van der Waals surface area contributed by atoms with Crippen LogP contribution in [-0.4, -0.2) is 10.9 Å². The molecule has 1 heterocycles. The summed E-state index contributed by atoms with van der Waals surface area (Å²) in [5, 5.41) is 4.07. The van der Waals surface area contributed by atoms with Crippen molar-refractivity contribution >= 4 is 68.1 Å². The van der Waals surface area contributed by atoms with Crippen LogP contribution < -0.4 is 5.32 Å². The summed E-state index contributed by atoms with van der Waals surface area (Å²) >= 11 is 15.3. The highest BCUT2D eigenvalue weighted by Crippen LogP contribution is 2.33. The van der Waals surface area contributed by atoms with Crippen LogP contribution in [0.4, 0.5) is 5.69 Å². The van der Waals surface area contributed by atoms with Crippen LogP contribution in [0.2, 0.25) is 10.0 Å². The number of aromatic nitrogens is 1. The molecule has 0 spiro atoms. The van der Waals surface area contributed by atoms with E-state index < -0.39 is 0 Å². The van der Waals surface area contributed by atoms with Crippen LogP contribution in [0.5, 0.6) is 0 Å². The number of benzene rings is 3. The lowest BCUT2D eigenvalue weighted by molar-refractivity contribution is 0.102. The Balaban J connectivity index is 1.47. The predicted molar refractivity (Wildman–Crippen MR) is 120 cm³/mol. The van der Waals surface area contributed by atoms with E-state index in [1.54, 1.807) is 47.4 Å². The quantitative estimate of drug-likeness (QED) is 0.332. The minimum absolute atomic E-state index is 0.230. The number of hydrogen-bond donors (Lipinski definition) is 1. The number of carbonyl (C=O) groups excluding carboxylic acids is 1. The molecule has 0 unspecified atom stereocenters. The molecule has 1 amide bonds. The Bertz CT molecular complexity index is 1140. The van der Waals surface area contributed by atoms with Gasteiger partial charge >= 0.3 is 0 Å². The number of nitrogens with zero attached hydrogens (tertiary/aromatic N) is 1. The van der Waals surface area contributed by atoms with E-state index in [-0.39, 0.29) is 5.91 Å². The first-order valence-electron chi connectivity index (χ1n) is 8.42. The average Bonchev–Trinajstić information content (AvgIpc) is 3.10. The summed E-state index contributed by atoms with van der Waals surface area (Å²) in [6.45, 7) is 0. The van der Waals surface area contributed by atoms with Gasteiger partial charge in [-0.2, -0.15) is 0 Å². The van der Waals surface area contributed by atoms with E-state index >= 15 is 0 Å². The minimum atomic E-state index is -0.230. The zero-order chi connectivity index (χ0) is 19.5. The van der Waals surface area contributed by atoms with Crippen LogP contribution in [0.3, 0.4) is 0 Å². The summed E-state index contributed by atoms with van der Waals surface area (Å²) in [5.41, 5.74) is 3.28. The largest absolute Gasteiger partial charge is 0.322 e. The molecule has 1 N–H and O–H groups in total. The second-order valence-corrected chi connectivity index (χ2v) is 9.11. The van der Waals surface area contributed by atoms with Gasteiger partial charge in [-0.1, -0.05) is 59.2 Å². The maximum atomic E-state index is 12.4. The van der Waals surface area contributed by atoms with Crippen LogP contribution in [0, 0.1) is 0 Å². The number of carbonyl (C=O) groups is 1. The molecule has 0 saturated heterocycles. The van der Waals surface area contributed by atoms with Gasteiger partial charge < -0.3 is 5.32 Å². The number of halogens is 2. The van der Waals surface area contributed by atoms with E-state index in [4.69, 9.17) is 23.2 Å². The number of nitrogens with one attached hydrogen (secondary N) is 1. The summed E-state index contributed by atoms with van der Waals surface area (Å²) in [6, 6.07) is 20.5. The molecule has 3 aromatic carbocycles. The topological polar surface area (TPSA) is 42.0 Å². The van der Waals surface area contributed by atoms with E-state index in [1.165, 1.54) is 5.56 Å². The van der Waals surface area contributed by atoms with Crippen molar-refractivity contribution in [1.29, 1.82) is 0 Å². The van der Waals surface area contributed by atoms with Crippen molar-refractivity contribution in [2.45, 2.75) is 10.1 Å². The highest BCUT2D eigenvalue weighted by atomic mass is 35.5. The monoisotopic (exact) mass is 444 g/mol. The number of thioether (sulfide) groups is 1. The molecule has 0 aliphatic heterocycles. The molecule has 0 bridgehead atoms. The van der Waals surface area contributed by atoms with Gasteiger partial charge in [-0.05, 0) is 48.0 Å². The Kier molecular flexibility index (Phi) is 5.87. The highest BCUT2D eigenvalue weighted by molar-refractivity contribution is 8.00. The van der Waals surface area contributed by atoms with Crippen molar-refractivity contribution in [3.8, 4) is 0 Å². The Morgan fingerprint density at radius 2 is 1.82 bits per heavy atom. The van der Waals surface area contributed by atoms with Crippen molar-refractivity contribution in [2.24, 2.45) is 0 Å². The number of thiazole rings is 1. The van der Waals surface area contributed by atoms with E-state index in [2.05, 4.69) is 10.3 Å². The van der Waals surface area contributed by atoms with Crippen molar-refractivity contribution < 1.29 is 4.79 Å². The molecule has 0 aliphatic rings. The molecule has 3 nitrogen and oxygen atoms in total. The summed E-state index contributed by atoms with van der Waals surface area (Å²) in [7, 11) is 0. The lowest BCUT2D eigenvalue weighted by atomic mass is 10.2. The standard InChI is InChI=1S/C21H14Cl2N2OS2/c22-14-7-5-13(6-8-14)12-27-21-25-18-10-9-15(11-19(18)28-21)24-20(26)16-3-1-2-4-17(16)23/h1-11H,12H2,(H,24,26). The van der Waals surface area contributed by atoms with Gasteiger partial charge in [0.2, 0.25) is 0 Å². The Hall–Kier alpha value is -2.05. The molecule has 7 heteroatoms. The molecule has 1 aromatic heterocycles. The van der Waals surface area contributed by atoms with Crippen LogP contribution in [0.25, 0.3) is 10.2 Å². The Labute approximate surface area is 180 Å². The fraction of sp³-hybridized carbons (Fsp3) is 0.0476. The molecular weight excluding hydrogens is 431 g/mol. The molecule has 0 saturated carbocycles. The van der Waals surface area contributed by atoms with Gasteiger partial charge in [0, 0.05) is 16.5 Å². The first kappa shape index (κ1) is 19.3. The Morgan fingerprint density at radius 3 is 2.61 bits per heavy atom. The number of anilines is 1. The maximum absolute atomic E-state index is 12.4. The lowest BCUT2D eigenvalue weighted by Crippen LogP contribution is -2.12. The number of hydrogen-bond acceptors (Lipinski definition) is 4. The molecule has 4 rings (SSSR count). The summed E-state index contributed by atoms with van der Waals surface area (Å²) in [5.74, 6) is 0.597. The minimum Gasteiger partial charge on any atom is -0.322 e. The third-order valence-electron chi connectivity index (χ3n) is 4.02. The second-order valence-electron chi connectivity index (χ2n) is 6.01. The van der Waals surface area contributed by atoms with Crippen LogP contribution in [0.15, 0.2) is 71.1 Å². The fourth-order valence-electron chi connectivity index (χ4n) is 2.61. The van der Waals surface area contributed by atoms with E-state index in [1.807, 2.05) is 42.5 Å². The van der Waals surface area contributed by atoms with Gasteiger partial charge in [0.25, 0.3) is 5.91 Å². The molecule has 0 radical (unpaired) electrons. The molecule has 140 valence electrons. The first-order valence-corrected chi connectivity index (χ1v) is 11.0. The molecular formula is C21H14Cl2N2OS2. The van der Waals surface area contributed by atoms with Crippen molar-refractivity contribution in [2.75, 3.05) is 5.32 Å². The molecule has 4 aromatic rings. The van der Waals surface area contributed by atoms with Gasteiger partial charge in [0.05, 0.1) is 20.8 Å². The first-order chi connectivity index (χ1) is 13.6. The number of amides is 1. The molecule has 28 heavy (non-hydrogen) atoms. The van der Waals surface area contributed by atoms with Crippen LogP contribution >= 0.6 is 46.3 Å². The average molecular weight is 445 g/mol. The van der Waals surface area contributed by atoms with Gasteiger partial charge in [0.15, 0.2) is 4.34 Å². The van der Waals surface area contributed by atoms with Gasteiger partial charge in [0.1, 0.15) is 0 Å². The third-order valence-corrected chi connectivity index (χ3v) is 6.83. The lowest BCUT2D eigenvalue weighted by Gasteiger charge is -2.06. The Morgan fingerprint density at radius 1 is 1.04 bits per heavy atom. The number of fused-ring (bicyclic) bond motifs is 1. The SMILES string of the molecule is O=C(Nc1ccc2nc(SCc3ccc(Cl)cc3)sc2c1)c1ccccc1Cl. The van der Waals surface area contributed by atoms with Gasteiger partial charge in [-0.25, -0.2) is 4.98 Å². The molecule has 0 atom stereocenters.